The van der Waals surface area contributed by atoms with E-state index in [0.29, 0.717) is 11.1 Å². The van der Waals surface area contributed by atoms with Crippen LogP contribution in [0, 0.1) is 12.8 Å². The standard InChI is InChI=1S/C30H34N2O6S/c1-6-21-13-10-14-24-25(21)20(4)27(38-24)28(33)31-30(39(35,36)32-26(19(2)3)29(34)37-5)17-15-23(16-18-30)22-11-8-7-9-12-22/h7-19,23,26,32H,6H2,1-5H3,(H,31,33)/t23?,26-,30?/m0/s1. The van der Waals surface area contributed by atoms with Crippen LogP contribution in [-0.4, -0.2) is 38.3 Å². The van der Waals surface area contributed by atoms with E-state index >= 15 is 0 Å². The van der Waals surface area contributed by atoms with Gasteiger partial charge >= 0.3 is 5.97 Å². The number of aryl methyl sites for hydroxylation is 2. The SMILES string of the molecule is CCc1cccc2oc(C(=O)NC3(S(=O)(=O)N[C@H](C(=O)OC)C(C)C)C=CC(c4ccccc4)C=C3)c(C)c12. The predicted octanol–water partition coefficient (Wildman–Crippen LogP) is 4.76. The largest absolute Gasteiger partial charge is 0.468 e. The lowest BCUT2D eigenvalue weighted by Gasteiger charge is -2.33. The number of methoxy groups -OCH3 is 1. The third-order valence-electron chi connectivity index (χ3n) is 7.07. The number of amides is 1. The van der Waals surface area contributed by atoms with Gasteiger partial charge in [0.05, 0.1) is 7.11 Å². The van der Waals surface area contributed by atoms with Gasteiger partial charge in [-0.1, -0.05) is 75.4 Å². The molecule has 2 aromatic carbocycles. The zero-order valence-corrected chi connectivity index (χ0v) is 23.5. The molecule has 9 heteroatoms. The van der Waals surface area contributed by atoms with Crippen molar-refractivity contribution in [2.75, 3.05) is 7.11 Å². The molecule has 0 bridgehead atoms. The van der Waals surface area contributed by atoms with E-state index in [4.69, 9.17) is 9.15 Å². The highest BCUT2D eigenvalue weighted by Gasteiger charge is 2.46. The zero-order chi connectivity index (χ0) is 28.4. The van der Waals surface area contributed by atoms with Gasteiger partial charge in [-0.05, 0) is 48.6 Å². The van der Waals surface area contributed by atoms with Crippen molar-refractivity contribution in [3.8, 4) is 0 Å². The maximum Gasteiger partial charge on any atom is 0.324 e. The van der Waals surface area contributed by atoms with E-state index in [0.717, 1.165) is 22.9 Å². The summed E-state index contributed by atoms with van der Waals surface area (Å²) in [6, 6.07) is 14.0. The Morgan fingerprint density at radius 3 is 2.31 bits per heavy atom. The second-order valence-corrected chi connectivity index (χ2v) is 11.9. The van der Waals surface area contributed by atoms with E-state index in [9.17, 15) is 18.0 Å². The summed E-state index contributed by atoms with van der Waals surface area (Å²) in [5, 5.41) is 3.53. The number of nitrogens with one attached hydrogen (secondary N) is 2. The summed E-state index contributed by atoms with van der Waals surface area (Å²) in [6.45, 7) is 7.21. The first-order chi connectivity index (χ1) is 18.5. The molecule has 0 radical (unpaired) electrons. The molecule has 0 unspecified atom stereocenters. The monoisotopic (exact) mass is 550 g/mol. The van der Waals surface area contributed by atoms with Crippen molar-refractivity contribution in [2.45, 2.75) is 50.9 Å². The molecule has 0 aliphatic heterocycles. The maximum atomic E-state index is 13.9. The molecule has 0 saturated carbocycles. The third-order valence-corrected chi connectivity index (χ3v) is 8.90. The van der Waals surface area contributed by atoms with E-state index < -0.39 is 38.7 Å². The Bertz CT molecular complexity index is 1520. The number of carbonyl (C=O) groups is 2. The Morgan fingerprint density at radius 1 is 1.05 bits per heavy atom. The third kappa shape index (κ3) is 5.42. The fourth-order valence-electron chi connectivity index (χ4n) is 4.82. The van der Waals surface area contributed by atoms with Crippen molar-refractivity contribution >= 4 is 32.9 Å². The van der Waals surface area contributed by atoms with Crippen LogP contribution in [0.4, 0.5) is 0 Å². The molecule has 4 rings (SSSR count). The predicted molar refractivity (Wildman–Crippen MR) is 151 cm³/mol. The molecule has 8 nitrogen and oxygen atoms in total. The Morgan fingerprint density at radius 2 is 1.72 bits per heavy atom. The normalized spacial score (nSPS) is 19.8. The van der Waals surface area contributed by atoms with Crippen LogP contribution >= 0.6 is 0 Å². The highest BCUT2D eigenvalue weighted by Crippen LogP contribution is 2.33. The fraction of sp³-hybridized carbons (Fsp3) is 0.333. The highest BCUT2D eigenvalue weighted by molar-refractivity contribution is 7.91. The van der Waals surface area contributed by atoms with Gasteiger partial charge in [-0.2, -0.15) is 4.72 Å². The van der Waals surface area contributed by atoms with Crippen LogP contribution in [0.3, 0.4) is 0 Å². The molecule has 1 aromatic heterocycles. The molecule has 0 fully saturated rings. The van der Waals surface area contributed by atoms with Gasteiger partial charge < -0.3 is 14.5 Å². The number of sulfonamides is 1. The van der Waals surface area contributed by atoms with E-state index in [1.54, 1.807) is 39.0 Å². The summed E-state index contributed by atoms with van der Waals surface area (Å²) >= 11 is 0. The number of hydrogen-bond donors (Lipinski definition) is 2. The van der Waals surface area contributed by atoms with Gasteiger partial charge in [0.2, 0.25) is 10.0 Å². The Balaban J connectivity index is 1.76. The van der Waals surface area contributed by atoms with Crippen LogP contribution in [0.15, 0.2) is 77.3 Å². The topological polar surface area (TPSA) is 115 Å². The lowest BCUT2D eigenvalue weighted by Crippen LogP contribution is -2.60. The minimum Gasteiger partial charge on any atom is -0.468 e. The van der Waals surface area contributed by atoms with Gasteiger partial charge in [0.1, 0.15) is 11.6 Å². The number of allylic oxidation sites excluding steroid dienone is 2. The summed E-state index contributed by atoms with van der Waals surface area (Å²) in [5.74, 6) is -1.99. The summed E-state index contributed by atoms with van der Waals surface area (Å²) in [4.78, 5) is 24.1. The number of ether oxygens (including phenoxy) is 1. The van der Waals surface area contributed by atoms with Crippen molar-refractivity contribution in [3.05, 3.63) is 95.3 Å². The summed E-state index contributed by atoms with van der Waals surface area (Å²) in [6.07, 6.45) is 7.07. The highest BCUT2D eigenvalue weighted by atomic mass is 32.2. The first kappa shape index (κ1) is 28.3. The molecule has 1 amide bonds. The average Bonchev–Trinajstić information content (AvgIpc) is 3.28. The van der Waals surface area contributed by atoms with Crippen molar-refractivity contribution in [1.82, 2.24) is 10.0 Å². The van der Waals surface area contributed by atoms with Crippen molar-refractivity contribution in [2.24, 2.45) is 5.92 Å². The zero-order valence-electron chi connectivity index (χ0n) is 22.7. The molecule has 1 aliphatic rings. The molecule has 1 aliphatic carbocycles. The number of hydrogen-bond acceptors (Lipinski definition) is 6. The van der Waals surface area contributed by atoms with Crippen LogP contribution < -0.4 is 10.0 Å². The number of esters is 1. The minimum absolute atomic E-state index is 0.0286. The molecule has 1 heterocycles. The van der Waals surface area contributed by atoms with Crippen LogP contribution in [0.1, 0.15) is 53.9 Å². The second kappa shape index (κ2) is 11.2. The summed E-state index contributed by atoms with van der Waals surface area (Å²) < 4.78 is 41.1. The average molecular weight is 551 g/mol. The molecule has 1 atom stereocenters. The van der Waals surface area contributed by atoms with Gasteiger partial charge in [-0.15, -0.1) is 0 Å². The van der Waals surface area contributed by atoms with Crippen LogP contribution in [0.5, 0.6) is 0 Å². The maximum absolute atomic E-state index is 13.9. The summed E-state index contributed by atoms with van der Waals surface area (Å²) in [7, 11) is -3.21. The van der Waals surface area contributed by atoms with Gasteiger partial charge in [0, 0.05) is 16.9 Å². The van der Waals surface area contributed by atoms with Gasteiger partial charge in [-0.3, -0.25) is 9.59 Å². The number of fused-ring (bicyclic) bond motifs is 1. The fourth-order valence-corrected chi connectivity index (χ4v) is 6.46. The Labute approximate surface area is 229 Å². The molecular weight excluding hydrogens is 516 g/mol. The van der Waals surface area contributed by atoms with Gasteiger partial charge in [-0.25, -0.2) is 8.42 Å². The van der Waals surface area contributed by atoms with E-state index in [1.807, 2.05) is 49.4 Å². The van der Waals surface area contributed by atoms with Gasteiger partial charge in [0.25, 0.3) is 5.91 Å². The van der Waals surface area contributed by atoms with E-state index in [2.05, 4.69) is 10.0 Å². The smallest absolute Gasteiger partial charge is 0.324 e. The van der Waals surface area contributed by atoms with Gasteiger partial charge in [0.15, 0.2) is 10.6 Å². The number of furan rings is 1. The van der Waals surface area contributed by atoms with Crippen LogP contribution in [-0.2, 0) is 26.0 Å². The summed E-state index contributed by atoms with van der Waals surface area (Å²) in [5.41, 5.74) is 3.17. The van der Waals surface area contributed by atoms with Crippen LogP contribution in [0.2, 0.25) is 0 Å². The first-order valence-corrected chi connectivity index (χ1v) is 14.4. The molecule has 0 saturated heterocycles. The van der Waals surface area contributed by atoms with Crippen molar-refractivity contribution < 1.29 is 27.2 Å². The molecule has 0 spiro atoms. The molecule has 39 heavy (non-hydrogen) atoms. The van der Waals surface area contributed by atoms with Crippen molar-refractivity contribution in [3.63, 3.8) is 0 Å². The lowest BCUT2D eigenvalue weighted by molar-refractivity contribution is -0.143. The van der Waals surface area contributed by atoms with E-state index in [1.165, 1.54) is 19.3 Å². The number of carbonyl (C=O) groups excluding carboxylic acids is 2. The number of benzene rings is 2. The van der Waals surface area contributed by atoms with Crippen molar-refractivity contribution in [1.29, 1.82) is 0 Å². The lowest BCUT2D eigenvalue weighted by atomic mass is 9.93. The first-order valence-electron chi connectivity index (χ1n) is 12.9. The number of rotatable bonds is 9. The Hall–Kier alpha value is -3.69. The van der Waals surface area contributed by atoms with Crippen LogP contribution in [0.25, 0.3) is 11.0 Å². The minimum atomic E-state index is -4.41. The van der Waals surface area contributed by atoms with E-state index in [-0.39, 0.29) is 11.7 Å². The molecule has 206 valence electrons. The molecule has 3 aromatic rings. The Kier molecular flexibility index (Phi) is 8.13. The second-order valence-electron chi connectivity index (χ2n) is 9.97. The quantitative estimate of drug-likeness (QED) is 0.293. The molecular formula is C30H34N2O6S. The molecule has 2 N–H and O–H groups in total.